The van der Waals surface area contributed by atoms with E-state index < -0.39 is 6.10 Å². The Balaban J connectivity index is 1.94. The van der Waals surface area contributed by atoms with E-state index in [2.05, 4.69) is 5.32 Å². The molecule has 0 aliphatic heterocycles. The number of hydrogen-bond donors (Lipinski definition) is 2. The largest absolute Gasteiger partial charge is 0.489 e. The Labute approximate surface area is 136 Å². The van der Waals surface area contributed by atoms with Crippen molar-refractivity contribution in [1.82, 2.24) is 5.32 Å². The highest BCUT2D eigenvalue weighted by Gasteiger charge is 2.20. The third-order valence-electron chi connectivity index (χ3n) is 3.95. The summed E-state index contributed by atoms with van der Waals surface area (Å²) in [7, 11) is 1.85. The van der Waals surface area contributed by atoms with Gasteiger partial charge in [0.25, 0.3) is 0 Å². The van der Waals surface area contributed by atoms with Gasteiger partial charge in [0.05, 0.1) is 11.1 Å². The topological polar surface area (TPSA) is 41.5 Å². The van der Waals surface area contributed by atoms with E-state index in [9.17, 15) is 5.11 Å². The van der Waals surface area contributed by atoms with Crippen LogP contribution in [-0.4, -0.2) is 24.9 Å². The molecule has 0 amide bonds. The summed E-state index contributed by atoms with van der Waals surface area (Å²) >= 11 is 12.2. The second kappa shape index (κ2) is 8.23. The van der Waals surface area contributed by atoms with Crippen LogP contribution in [0.4, 0.5) is 0 Å². The van der Waals surface area contributed by atoms with Crippen LogP contribution in [0.15, 0.2) is 12.1 Å². The van der Waals surface area contributed by atoms with Crippen molar-refractivity contribution in [3.8, 4) is 5.75 Å². The fraction of sp³-hybridized carbons (Fsp3) is 0.625. The van der Waals surface area contributed by atoms with E-state index in [1.807, 2.05) is 13.1 Å². The average molecular weight is 332 g/mol. The Bertz CT molecular complexity index is 462. The van der Waals surface area contributed by atoms with Crippen LogP contribution in [-0.2, 0) is 6.54 Å². The molecule has 1 aliphatic rings. The molecule has 1 atom stereocenters. The Hall–Kier alpha value is -0.480. The van der Waals surface area contributed by atoms with Crippen LogP contribution in [0.3, 0.4) is 0 Å². The molecule has 1 aliphatic carbocycles. The summed E-state index contributed by atoms with van der Waals surface area (Å²) in [4.78, 5) is 0. The maximum Gasteiger partial charge on any atom is 0.142 e. The first-order valence-corrected chi connectivity index (χ1v) is 8.29. The Morgan fingerprint density at radius 3 is 2.71 bits per heavy atom. The summed E-state index contributed by atoms with van der Waals surface area (Å²) in [5.74, 6) is 1.25. The summed E-state index contributed by atoms with van der Waals surface area (Å²) in [5, 5.41) is 14.3. The number of aliphatic hydroxyl groups excluding tert-OH is 1. The number of halogens is 2. The van der Waals surface area contributed by atoms with Crippen molar-refractivity contribution in [1.29, 1.82) is 0 Å². The average Bonchev–Trinajstić information content (AvgIpc) is 2.90. The molecule has 1 fully saturated rings. The first-order valence-electron chi connectivity index (χ1n) is 7.53. The molecule has 1 saturated carbocycles. The van der Waals surface area contributed by atoms with Gasteiger partial charge >= 0.3 is 0 Å². The van der Waals surface area contributed by atoms with Crippen molar-refractivity contribution in [2.45, 2.75) is 44.8 Å². The van der Waals surface area contributed by atoms with Gasteiger partial charge in [-0.2, -0.15) is 0 Å². The molecule has 0 heterocycles. The number of rotatable bonds is 7. The van der Waals surface area contributed by atoms with Crippen molar-refractivity contribution >= 4 is 23.2 Å². The lowest BCUT2D eigenvalue weighted by atomic mass is 10.0. The molecule has 0 radical (unpaired) electrons. The number of hydrogen-bond acceptors (Lipinski definition) is 3. The van der Waals surface area contributed by atoms with E-state index in [0.29, 0.717) is 28.3 Å². The molecule has 0 aromatic heterocycles. The maximum atomic E-state index is 10.1. The van der Waals surface area contributed by atoms with Gasteiger partial charge in [-0.15, -0.1) is 0 Å². The molecule has 2 N–H and O–H groups in total. The molecule has 3 nitrogen and oxygen atoms in total. The molecule has 0 spiro atoms. The Kier molecular flexibility index (Phi) is 6.62. The highest BCUT2D eigenvalue weighted by molar-refractivity contribution is 6.35. The molecular weight excluding hydrogens is 309 g/mol. The summed E-state index contributed by atoms with van der Waals surface area (Å²) in [5.41, 5.74) is 0.906. The van der Waals surface area contributed by atoms with Gasteiger partial charge in [0.15, 0.2) is 0 Å². The first-order chi connectivity index (χ1) is 10.1. The van der Waals surface area contributed by atoms with Gasteiger partial charge in [0, 0.05) is 17.1 Å². The van der Waals surface area contributed by atoms with Crippen molar-refractivity contribution in [3.63, 3.8) is 0 Å². The molecule has 2 rings (SSSR count). The van der Waals surface area contributed by atoms with E-state index in [0.717, 1.165) is 12.0 Å². The monoisotopic (exact) mass is 331 g/mol. The smallest absolute Gasteiger partial charge is 0.142 e. The minimum absolute atomic E-state index is 0.272. The van der Waals surface area contributed by atoms with E-state index in [1.165, 1.54) is 25.7 Å². The zero-order valence-corrected chi connectivity index (χ0v) is 13.9. The number of aliphatic hydroxyl groups is 1. The van der Waals surface area contributed by atoms with Gasteiger partial charge in [0.2, 0.25) is 0 Å². The van der Waals surface area contributed by atoms with Gasteiger partial charge in [-0.3, -0.25) is 0 Å². The van der Waals surface area contributed by atoms with Crippen molar-refractivity contribution < 1.29 is 9.84 Å². The molecule has 118 valence electrons. The van der Waals surface area contributed by atoms with Crippen LogP contribution < -0.4 is 10.1 Å². The SMILES string of the molecule is CNCc1cc(Cl)cc(Cl)c1OCC(O)CC1CCCC1. The number of benzene rings is 1. The van der Waals surface area contributed by atoms with Crippen LogP contribution in [0.1, 0.15) is 37.7 Å². The molecule has 0 saturated heterocycles. The number of nitrogens with one attached hydrogen (secondary N) is 1. The van der Waals surface area contributed by atoms with E-state index in [4.69, 9.17) is 27.9 Å². The standard InChI is InChI=1S/C16H23Cl2NO2/c1-19-9-12-7-13(17)8-15(18)16(12)21-10-14(20)6-11-4-2-3-5-11/h7-8,11,14,19-20H,2-6,9-10H2,1H3. The first kappa shape index (κ1) is 16.9. The van der Waals surface area contributed by atoms with Crippen molar-refractivity contribution in [3.05, 3.63) is 27.7 Å². The second-order valence-electron chi connectivity index (χ2n) is 5.76. The summed E-state index contributed by atoms with van der Waals surface area (Å²) in [6, 6.07) is 3.50. The maximum absolute atomic E-state index is 10.1. The molecule has 21 heavy (non-hydrogen) atoms. The third kappa shape index (κ3) is 5.03. The molecule has 1 aromatic carbocycles. The molecule has 1 unspecified atom stereocenters. The highest BCUT2D eigenvalue weighted by atomic mass is 35.5. The summed E-state index contributed by atoms with van der Waals surface area (Å²) in [6.45, 7) is 0.892. The predicted molar refractivity (Wildman–Crippen MR) is 87.3 cm³/mol. The fourth-order valence-corrected chi connectivity index (χ4v) is 3.57. The lowest BCUT2D eigenvalue weighted by Gasteiger charge is -2.18. The predicted octanol–water partition coefficient (Wildman–Crippen LogP) is 4.03. The van der Waals surface area contributed by atoms with Crippen LogP contribution in [0.25, 0.3) is 0 Å². The lowest BCUT2D eigenvalue weighted by molar-refractivity contribution is 0.0851. The Morgan fingerprint density at radius 2 is 2.05 bits per heavy atom. The fourth-order valence-electron chi connectivity index (χ4n) is 2.98. The van der Waals surface area contributed by atoms with Gasteiger partial charge in [0.1, 0.15) is 12.4 Å². The van der Waals surface area contributed by atoms with E-state index >= 15 is 0 Å². The number of ether oxygens (including phenoxy) is 1. The zero-order chi connectivity index (χ0) is 15.2. The highest BCUT2D eigenvalue weighted by Crippen LogP contribution is 2.33. The van der Waals surface area contributed by atoms with Gasteiger partial charge in [-0.1, -0.05) is 48.9 Å². The quantitative estimate of drug-likeness (QED) is 0.792. The third-order valence-corrected chi connectivity index (χ3v) is 4.45. The lowest BCUT2D eigenvalue weighted by Crippen LogP contribution is -2.21. The van der Waals surface area contributed by atoms with E-state index in [-0.39, 0.29) is 6.61 Å². The minimum atomic E-state index is -0.442. The van der Waals surface area contributed by atoms with E-state index in [1.54, 1.807) is 6.07 Å². The normalized spacial score (nSPS) is 17.1. The Morgan fingerprint density at radius 1 is 1.33 bits per heavy atom. The molecule has 5 heteroatoms. The molecule has 1 aromatic rings. The van der Waals surface area contributed by atoms with Gasteiger partial charge < -0.3 is 15.2 Å². The van der Waals surface area contributed by atoms with Crippen molar-refractivity contribution in [2.24, 2.45) is 5.92 Å². The van der Waals surface area contributed by atoms with Crippen molar-refractivity contribution in [2.75, 3.05) is 13.7 Å². The summed E-state index contributed by atoms with van der Waals surface area (Å²) < 4.78 is 5.77. The van der Waals surface area contributed by atoms with Crippen LogP contribution >= 0.6 is 23.2 Å². The molecule has 0 bridgehead atoms. The van der Waals surface area contributed by atoms with Gasteiger partial charge in [-0.25, -0.2) is 0 Å². The zero-order valence-electron chi connectivity index (χ0n) is 12.4. The molecular formula is C16H23Cl2NO2. The van der Waals surface area contributed by atoms with Crippen LogP contribution in [0.2, 0.25) is 10.0 Å². The second-order valence-corrected chi connectivity index (χ2v) is 6.60. The summed E-state index contributed by atoms with van der Waals surface area (Å²) in [6.07, 6.45) is 5.39. The van der Waals surface area contributed by atoms with Gasteiger partial charge in [-0.05, 0) is 31.5 Å². The van der Waals surface area contributed by atoms with Crippen LogP contribution in [0, 0.1) is 5.92 Å². The van der Waals surface area contributed by atoms with Crippen LogP contribution in [0.5, 0.6) is 5.75 Å². The minimum Gasteiger partial charge on any atom is -0.489 e.